The molecule has 0 aromatic heterocycles. The Bertz CT molecular complexity index is 313. The van der Waals surface area contributed by atoms with Crippen molar-refractivity contribution < 1.29 is 14.7 Å². The van der Waals surface area contributed by atoms with Crippen molar-refractivity contribution in [1.29, 1.82) is 0 Å². The van der Waals surface area contributed by atoms with Crippen LogP contribution in [0.15, 0.2) is 0 Å². The van der Waals surface area contributed by atoms with E-state index < -0.39 is 5.97 Å². The minimum Gasteiger partial charge on any atom is -0.481 e. The maximum atomic E-state index is 11.6. The molecule has 1 rings (SSSR count). The van der Waals surface area contributed by atoms with E-state index in [9.17, 15) is 9.59 Å². The van der Waals surface area contributed by atoms with Crippen LogP contribution in [-0.2, 0) is 9.59 Å². The number of aliphatic carboxylic acids is 1. The molecule has 1 amide bonds. The fourth-order valence-corrected chi connectivity index (χ4v) is 2.89. The molecule has 18 heavy (non-hydrogen) atoms. The topological polar surface area (TPSA) is 66.4 Å². The molecule has 0 aromatic carbocycles. The number of rotatable bonds is 8. The van der Waals surface area contributed by atoms with E-state index in [4.69, 9.17) is 5.11 Å². The van der Waals surface area contributed by atoms with Crippen LogP contribution in [0.3, 0.4) is 0 Å². The quantitative estimate of drug-likeness (QED) is 0.711. The Morgan fingerprint density at radius 2 is 1.94 bits per heavy atom. The van der Waals surface area contributed by atoms with Gasteiger partial charge in [0.15, 0.2) is 0 Å². The maximum absolute atomic E-state index is 11.6. The highest BCUT2D eigenvalue weighted by atomic mass is 32.2. The van der Waals surface area contributed by atoms with Crippen LogP contribution in [0.25, 0.3) is 0 Å². The van der Waals surface area contributed by atoms with E-state index in [1.165, 1.54) is 0 Å². The molecule has 1 aliphatic carbocycles. The molecule has 0 radical (unpaired) electrons. The van der Waals surface area contributed by atoms with E-state index in [-0.39, 0.29) is 23.8 Å². The van der Waals surface area contributed by atoms with E-state index in [0.717, 1.165) is 18.6 Å². The Hall–Kier alpha value is -0.710. The number of hydrogen-bond acceptors (Lipinski definition) is 3. The van der Waals surface area contributed by atoms with Crippen LogP contribution in [0.5, 0.6) is 0 Å². The monoisotopic (exact) mass is 273 g/mol. The van der Waals surface area contributed by atoms with Gasteiger partial charge in [-0.15, -0.1) is 0 Å². The highest BCUT2D eigenvalue weighted by Crippen LogP contribution is 2.50. The van der Waals surface area contributed by atoms with Crippen LogP contribution in [-0.4, -0.2) is 34.5 Å². The zero-order valence-corrected chi connectivity index (χ0v) is 12.2. The van der Waals surface area contributed by atoms with Crippen LogP contribution in [0.4, 0.5) is 0 Å². The second-order valence-corrected chi connectivity index (χ2v) is 6.65. The molecule has 4 nitrogen and oxygen atoms in total. The lowest BCUT2D eigenvalue weighted by molar-refractivity contribution is -0.138. The molecule has 0 aliphatic heterocycles. The first kappa shape index (κ1) is 15.3. The smallest absolute Gasteiger partial charge is 0.303 e. The van der Waals surface area contributed by atoms with Crippen LogP contribution >= 0.6 is 11.8 Å². The summed E-state index contributed by atoms with van der Waals surface area (Å²) in [6.07, 6.45) is 2.21. The number of hydrogen-bond donors (Lipinski definition) is 2. The standard InChI is InChI=1S/C13H23NO3S/c1-9(2)10(3)14-11(15)7-18-8-13(4-5-13)6-12(16)17/h9-10H,4-8H2,1-3H3,(H,14,15)(H,16,17). The number of amides is 1. The second kappa shape index (κ2) is 6.45. The summed E-state index contributed by atoms with van der Waals surface area (Å²) in [6, 6.07) is 0.187. The van der Waals surface area contributed by atoms with Crippen LogP contribution < -0.4 is 5.32 Å². The molecule has 1 saturated carbocycles. The van der Waals surface area contributed by atoms with Gasteiger partial charge in [0.1, 0.15) is 0 Å². The van der Waals surface area contributed by atoms with Gasteiger partial charge in [-0.3, -0.25) is 9.59 Å². The number of carbonyl (C=O) groups is 2. The highest BCUT2D eigenvalue weighted by Gasteiger charge is 2.44. The Kier molecular flexibility index (Phi) is 5.50. The van der Waals surface area contributed by atoms with Crippen molar-refractivity contribution in [3.63, 3.8) is 0 Å². The molecule has 0 heterocycles. The third-order valence-corrected chi connectivity index (χ3v) is 4.80. The van der Waals surface area contributed by atoms with Gasteiger partial charge >= 0.3 is 5.97 Å². The minimum absolute atomic E-state index is 0.0273. The lowest BCUT2D eigenvalue weighted by atomic mass is 10.1. The summed E-state index contributed by atoms with van der Waals surface area (Å²) in [5.41, 5.74) is -0.0273. The van der Waals surface area contributed by atoms with E-state index in [1.54, 1.807) is 11.8 Å². The number of carboxylic acid groups (broad SMARTS) is 1. The Morgan fingerprint density at radius 1 is 1.33 bits per heavy atom. The largest absolute Gasteiger partial charge is 0.481 e. The molecule has 0 aromatic rings. The number of nitrogens with one attached hydrogen (secondary N) is 1. The SMILES string of the molecule is CC(C)C(C)NC(=O)CSCC1(CC(=O)O)CC1. The summed E-state index contributed by atoms with van der Waals surface area (Å²) in [4.78, 5) is 22.3. The normalized spacial score (nSPS) is 18.4. The highest BCUT2D eigenvalue weighted by molar-refractivity contribution is 7.99. The van der Waals surface area contributed by atoms with Gasteiger partial charge < -0.3 is 10.4 Å². The van der Waals surface area contributed by atoms with E-state index in [2.05, 4.69) is 19.2 Å². The van der Waals surface area contributed by atoms with Crippen LogP contribution in [0.2, 0.25) is 0 Å². The third-order valence-electron chi connectivity index (χ3n) is 3.51. The van der Waals surface area contributed by atoms with E-state index in [1.807, 2.05) is 6.92 Å². The fraction of sp³-hybridized carbons (Fsp3) is 0.846. The first-order valence-corrected chi connectivity index (χ1v) is 7.59. The van der Waals surface area contributed by atoms with Gasteiger partial charge in [-0.2, -0.15) is 11.8 Å². The van der Waals surface area contributed by atoms with Crippen molar-refractivity contribution in [3.8, 4) is 0 Å². The molecule has 0 saturated heterocycles. The van der Waals surface area contributed by atoms with Gasteiger partial charge in [0, 0.05) is 6.04 Å². The Balaban J connectivity index is 2.18. The molecule has 5 heteroatoms. The summed E-state index contributed by atoms with van der Waals surface area (Å²) in [7, 11) is 0. The first-order chi connectivity index (χ1) is 8.34. The number of carboxylic acids is 1. The van der Waals surface area contributed by atoms with Gasteiger partial charge in [-0.1, -0.05) is 13.8 Å². The Morgan fingerprint density at radius 3 is 2.39 bits per heavy atom. The lowest BCUT2D eigenvalue weighted by Crippen LogP contribution is -2.37. The lowest BCUT2D eigenvalue weighted by Gasteiger charge is -2.17. The molecule has 1 fully saturated rings. The predicted molar refractivity (Wildman–Crippen MR) is 73.7 cm³/mol. The number of carbonyl (C=O) groups excluding carboxylic acids is 1. The van der Waals surface area contributed by atoms with Crippen molar-refractivity contribution in [3.05, 3.63) is 0 Å². The van der Waals surface area contributed by atoms with Crippen LogP contribution in [0, 0.1) is 11.3 Å². The van der Waals surface area contributed by atoms with Gasteiger partial charge in [0.2, 0.25) is 5.91 Å². The van der Waals surface area contributed by atoms with Crippen molar-refractivity contribution in [2.75, 3.05) is 11.5 Å². The van der Waals surface area contributed by atoms with Gasteiger partial charge in [-0.05, 0) is 36.9 Å². The molecular formula is C13H23NO3S. The molecule has 1 atom stereocenters. The van der Waals surface area contributed by atoms with E-state index >= 15 is 0 Å². The molecule has 0 bridgehead atoms. The maximum Gasteiger partial charge on any atom is 0.303 e. The number of thioether (sulfide) groups is 1. The second-order valence-electron chi connectivity index (χ2n) is 5.66. The molecular weight excluding hydrogens is 250 g/mol. The predicted octanol–water partition coefficient (Wildman–Crippen LogP) is 2.14. The molecule has 0 spiro atoms. The molecule has 104 valence electrons. The molecule has 1 aliphatic rings. The van der Waals surface area contributed by atoms with E-state index in [0.29, 0.717) is 11.7 Å². The van der Waals surface area contributed by atoms with Crippen LogP contribution in [0.1, 0.15) is 40.0 Å². The fourth-order valence-electron chi connectivity index (χ4n) is 1.69. The Labute approximate surface area is 113 Å². The average molecular weight is 273 g/mol. The third kappa shape index (κ3) is 5.29. The molecule has 1 unspecified atom stereocenters. The van der Waals surface area contributed by atoms with Crippen molar-refractivity contribution in [1.82, 2.24) is 5.32 Å². The van der Waals surface area contributed by atoms with Crippen molar-refractivity contribution in [2.24, 2.45) is 11.3 Å². The zero-order chi connectivity index (χ0) is 13.8. The average Bonchev–Trinajstić information content (AvgIpc) is 2.96. The van der Waals surface area contributed by atoms with Crippen molar-refractivity contribution >= 4 is 23.6 Å². The molecule has 2 N–H and O–H groups in total. The summed E-state index contributed by atoms with van der Waals surface area (Å²) in [6.45, 7) is 6.15. The summed E-state index contributed by atoms with van der Waals surface area (Å²) >= 11 is 1.55. The zero-order valence-electron chi connectivity index (χ0n) is 11.4. The van der Waals surface area contributed by atoms with Gasteiger partial charge in [-0.25, -0.2) is 0 Å². The van der Waals surface area contributed by atoms with Crippen molar-refractivity contribution in [2.45, 2.75) is 46.1 Å². The van der Waals surface area contributed by atoms with Gasteiger partial charge in [0.25, 0.3) is 0 Å². The summed E-state index contributed by atoms with van der Waals surface area (Å²) in [5, 5.41) is 11.7. The first-order valence-electron chi connectivity index (χ1n) is 6.43. The summed E-state index contributed by atoms with van der Waals surface area (Å²) in [5.74, 6) is 0.959. The van der Waals surface area contributed by atoms with Gasteiger partial charge in [0.05, 0.1) is 12.2 Å². The summed E-state index contributed by atoms with van der Waals surface area (Å²) < 4.78 is 0. The minimum atomic E-state index is -0.731.